The van der Waals surface area contributed by atoms with Gasteiger partial charge in [0.25, 0.3) is 0 Å². The zero-order valence-corrected chi connectivity index (χ0v) is 9.68. The summed E-state index contributed by atoms with van der Waals surface area (Å²) in [7, 11) is 0. The highest BCUT2D eigenvalue weighted by molar-refractivity contribution is 5.86. The van der Waals surface area contributed by atoms with Crippen LogP contribution in [-0.2, 0) is 6.54 Å². The summed E-state index contributed by atoms with van der Waals surface area (Å²) in [6.07, 6.45) is 2.15. The number of aliphatic hydroxyl groups excluding tert-OH is 1. The van der Waals surface area contributed by atoms with E-state index in [2.05, 4.69) is 0 Å². The average Bonchev–Trinajstić information content (AvgIpc) is 2.63. The van der Waals surface area contributed by atoms with Gasteiger partial charge in [-0.3, -0.25) is 0 Å². The third-order valence-electron chi connectivity index (χ3n) is 2.48. The van der Waals surface area contributed by atoms with Crippen LogP contribution in [0.3, 0.4) is 0 Å². The van der Waals surface area contributed by atoms with Gasteiger partial charge in [-0.2, -0.15) is 0 Å². The molecule has 0 aliphatic carbocycles. The third-order valence-corrected chi connectivity index (χ3v) is 2.48. The van der Waals surface area contributed by atoms with Crippen molar-refractivity contribution in [1.29, 1.82) is 0 Å². The molecule has 2 aromatic rings. The number of benzene rings is 1. The lowest BCUT2D eigenvalue weighted by atomic mass is 10.2. The second-order valence-electron chi connectivity index (χ2n) is 4.09. The summed E-state index contributed by atoms with van der Waals surface area (Å²) < 4.78 is 7.77. The van der Waals surface area contributed by atoms with Gasteiger partial charge in [-0.1, -0.05) is 6.07 Å². The molecule has 0 bridgehead atoms. The van der Waals surface area contributed by atoms with Crippen LogP contribution in [-0.4, -0.2) is 22.4 Å². The summed E-state index contributed by atoms with van der Waals surface area (Å²) in [4.78, 5) is 0. The number of aliphatic hydroxyl groups is 1. The number of aromatic nitrogens is 1. The molecule has 0 spiro atoms. The van der Waals surface area contributed by atoms with Gasteiger partial charge in [0.1, 0.15) is 5.75 Å². The van der Waals surface area contributed by atoms with Crippen LogP contribution in [0.1, 0.15) is 13.8 Å². The van der Waals surface area contributed by atoms with Gasteiger partial charge >= 0.3 is 0 Å². The predicted octanol–water partition coefficient (Wildman–Crippen LogP) is 2.42. The molecule has 0 fully saturated rings. The normalized spacial score (nSPS) is 11.2. The van der Waals surface area contributed by atoms with Crippen molar-refractivity contribution in [2.24, 2.45) is 0 Å². The molecule has 1 aromatic carbocycles. The minimum Gasteiger partial charge on any atom is -0.490 e. The molecule has 16 heavy (non-hydrogen) atoms. The third kappa shape index (κ3) is 2.04. The summed E-state index contributed by atoms with van der Waals surface area (Å²) in [5, 5.41) is 10.1. The van der Waals surface area contributed by atoms with Gasteiger partial charge in [0.15, 0.2) is 0 Å². The predicted molar refractivity (Wildman–Crippen MR) is 64.8 cm³/mol. The van der Waals surface area contributed by atoms with Crippen LogP contribution in [0.2, 0.25) is 0 Å². The first kappa shape index (κ1) is 11.0. The number of rotatable bonds is 4. The Morgan fingerprint density at radius 3 is 2.81 bits per heavy atom. The fourth-order valence-electron chi connectivity index (χ4n) is 1.85. The lowest BCUT2D eigenvalue weighted by Crippen LogP contribution is -2.05. The van der Waals surface area contributed by atoms with Crippen LogP contribution < -0.4 is 4.74 Å². The van der Waals surface area contributed by atoms with Crippen molar-refractivity contribution in [3.63, 3.8) is 0 Å². The van der Waals surface area contributed by atoms with Crippen molar-refractivity contribution in [2.45, 2.75) is 26.5 Å². The van der Waals surface area contributed by atoms with E-state index in [1.807, 2.05) is 48.9 Å². The van der Waals surface area contributed by atoms with E-state index < -0.39 is 0 Å². The Kier molecular flexibility index (Phi) is 3.15. The molecule has 0 saturated heterocycles. The van der Waals surface area contributed by atoms with Gasteiger partial charge in [-0.15, -0.1) is 0 Å². The van der Waals surface area contributed by atoms with E-state index in [1.54, 1.807) is 0 Å². The molecule has 86 valence electrons. The molecular weight excluding hydrogens is 202 g/mol. The van der Waals surface area contributed by atoms with Crippen molar-refractivity contribution in [3.8, 4) is 5.75 Å². The number of fused-ring (bicyclic) bond motifs is 1. The highest BCUT2D eigenvalue weighted by atomic mass is 16.5. The van der Waals surface area contributed by atoms with E-state index in [-0.39, 0.29) is 12.7 Å². The maximum absolute atomic E-state index is 8.96. The van der Waals surface area contributed by atoms with Crippen LogP contribution in [0.15, 0.2) is 30.5 Å². The first-order valence-electron chi connectivity index (χ1n) is 5.57. The van der Waals surface area contributed by atoms with Gasteiger partial charge in [-0.25, -0.2) is 0 Å². The Balaban J connectivity index is 2.44. The second kappa shape index (κ2) is 4.58. The van der Waals surface area contributed by atoms with E-state index >= 15 is 0 Å². The highest BCUT2D eigenvalue weighted by Gasteiger charge is 2.07. The van der Waals surface area contributed by atoms with Crippen LogP contribution in [0.4, 0.5) is 0 Å². The van der Waals surface area contributed by atoms with Gasteiger partial charge in [0, 0.05) is 18.1 Å². The molecule has 1 heterocycles. The lowest BCUT2D eigenvalue weighted by Gasteiger charge is -2.11. The van der Waals surface area contributed by atoms with Gasteiger partial charge in [0.2, 0.25) is 0 Å². The molecule has 0 saturated carbocycles. The summed E-state index contributed by atoms with van der Waals surface area (Å²) in [5.41, 5.74) is 1.10. The molecule has 2 rings (SSSR count). The van der Waals surface area contributed by atoms with Gasteiger partial charge < -0.3 is 14.4 Å². The van der Waals surface area contributed by atoms with E-state index in [0.29, 0.717) is 6.54 Å². The summed E-state index contributed by atoms with van der Waals surface area (Å²) in [6, 6.07) is 8.03. The molecule has 3 nitrogen and oxygen atoms in total. The molecule has 1 N–H and O–H groups in total. The molecule has 0 unspecified atom stereocenters. The molecule has 3 heteroatoms. The topological polar surface area (TPSA) is 34.4 Å². The zero-order valence-electron chi connectivity index (χ0n) is 9.68. The van der Waals surface area contributed by atoms with E-state index in [0.717, 1.165) is 16.7 Å². The summed E-state index contributed by atoms with van der Waals surface area (Å²) in [6.45, 7) is 4.81. The highest BCUT2D eigenvalue weighted by Crippen LogP contribution is 2.27. The first-order valence-corrected chi connectivity index (χ1v) is 5.57. The van der Waals surface area contributed by atoms with Crippen molar-refractivity contribution in [1.82, 2.24) is 4.57 Å². The fraction of sp³-hybridized carbons (Fsp3) is 0.385. The smallest absolute Gasteiger partial charge is 0.129 e. The fourth-order valence-corrected chi connectivity index (χ4v) is 1.85. The Hall–Kier alpha value is -1.48. The summed E-state index contributed by atoms with van der Waals surface area (Å²) >= 11 is 0. The quantitative estimate of drug-likeness (QED) is 0.857. The van der Waals surface area contributed by atoms with Crippen LogP contribution in [0, 0.1) is 0 Å². The maximum atomic E-state index is 8.96. The standard InChI is InChI=1S/C13H17NO2/c1-10(2)16-13-5-3-4-12-11(13)6-7-14(12)8-9-15/h3-7,10,15H,8-9H2,1-2H3. The maximum Gasteiger partial charge on any atom is 0.129 e. The number of nitrogens with zero attached hydrogens (tertiary/aromatic N) is 1. The Morgan fingerprint density at radius 1 is 1.31 bits per heavy atom. The molecule has 0 amide bonds. The van der Waals surface area contributed by atoms with Gasteiger partial charge in [-0.05, 0) is 32.0 Å². The molecule has 0 aliphatic heterocycles. The number of hydrogen-bond acceptors (Lipinski definition) is 2. The molecule has 1 aromatic heterocycles. The molecule has 0 atom stereocenters. The van der Waals surface area contributed by atoms with E-state index in [1.165, 1.54) is 0 Å². The van der Waals surface area contributed by atoms with Gasteiger partial charge in [0.05, 0.1) is 18.2 Å². The number of ether oxygens (including phenoxy) is 1. The van der Waals surface area contributed by atoms with Crippen LogP contribution >= 0.6 is 0 Å². The van der Waals surface area contributed by atoms with Crippen molar-refractivity contribution in [3.05, 3.63) is 30.5 Å². The Labute approximate surface area is 95.3 Å². The second-order valence-corrected chi connectivity index (χ2v) is 4.09. The first-order chi connectivity index (χ1) is 7.72. The summed E-state index contributed by atoms with van der Waals surface area (Å²) in [5.74, 6) is 0.907. The van der Waals surface area contributed by atoms with Crippen LogP contribution in [0.25, 0.3) is 10.9 Å². The average molecular weight is 219 g/mol. The van der Waals surface area contributed by atoms with Crippen molar-refractivity contribution < 1.29 is 9.84 Å². The van der Waals surface area contributed by atoms with Crippen LogP contribution in [0.5, 0.6) is 5.75 Å². The minimum atomic E-state index is 0.152. The molecular formula is C13H17NO2. The monoisotopic (exact) mass is 219 g/mol. The minimum absolute atomic E-state index is 0.152. The van der Waals surface area contributed by atoms with Crippen molar-refractivity contribution in [2.75, 3.05) is 6.61 Å². The van der Waals surface area contributed by atoms with Crippen molar-refractivity contribution >= 4 is 10.9 Å². The largest absolute Gasteiger partial charge is 0.490 e. The Morgan fingerprint density at radius 2 is 2.12 bits per heavy atom. The zero-order chi connectivity index (χ0) is 11.5. The van der Waals surface area contributed by atoms with E-state index in [9.17, 15) is 0 Å². The number of hydrogen-bond donors (Lipinski definition) is 1. The molecule has 0 aliphatic rings. The lowest BCUT2D eigenvalue weighted by molar-refractivity contribution is 0.245. The Bertz CT molecular complexity index is 474. The molecule has 0 radical (unpaired) electrons. The SMILES string of the molecule is CC(C)Oc1cccc2c1ccn2CCO. The van der Waals surface area contributed by atoms with E-state index in [4.69, 9.17) is 9.84 Å².